The fourth-order valence-electron chi connectivity index (χ4n) is 4.68. The van der Waals surface area contributed by atoms with Gasteiger partial charge >= 0.3 is 0 Å². The van der Waals surface area contributed by atoms with E-state index in [9.17, 15) is 0 Å². The lowest BCUT2D eigenvalue weighted by Gasteiger charge is -2.53. The summed E-state index contributed by atoms with van der Waals surface area (Å²) in [5.74, 6) is 0.936. The molecule has 0 bridgehead atoms. The van der Waals surface area contributed by atoms with Gasteiger partial charge in [0, 0.05) is 38.4 Å². The van der Waals surface area contributed by atoms with Gasteiger partial charge in [-0.05, 0) is 44.2 Å². The third-order valence-corrected chi connectivity index (χ3v) is 5.88. The van der Waals surface area contributed by atoms with Crippen molar-refractivity contribution in [3.8, 4) is 0 Å². The van der Waals surface area contributed by atoms with E-state index in [0.29, 0.717) is 12.7 Å². The average molecular weight is 330 g/mol. The van der Waals surface area contributed by atoms with Crippen LogP contribution in [0.2, 0.25) is 0 Å². The SMILES string of the molecule is Cc1cccc(CO[C@@H]2CCOC3(C2)CN(CC2CCCC2)C3)n1. The second kappa shape index (κ2) is 7.11. The Hall–Kier alpha value is -0.970. The Balaban J connectivity index is 1.24. The zero-order valence-corrected chi connectivity index (χ0v) is 14.9. The standard InChI is InChI=1S/C20H30N2O2/c1-16-5-4-8-18(21-16)13-23-19-9-10-24-20(11-19)14-22(15-20)12-17-6-2-3-7-17/h4-5,8,17,19H,2-3,6-7,9-15H2,1H3/t19-/m1/s1. The van der Waals surface area contributed by atoms with Gasteiger partial charge in [-0.1, -0.05) is 18.9 Å². The fourth-order valence-corrected chi connectivity index (χ4v) is 4.68. The molecule has 3 fully saturated rings. The zero-order chi connectivity index (χ0) is 16.4. The number of aryl methyl sites for hydroxylation is 1. The highest BCUT2D eigenvalue weighted by atomic mass is 16.5. The lowest BCUT2D eigenvalue weighted by molar-refractivity contribution is -0.200. The molecule has 4 rings (SSSR count). The normalized spacial score (nSPS) is 27.5. The van der Waals surface area contributed by atoms with Gasteiger partial charge < -0.3 is 9.47 Å². The molecular formula is C20H30N2O2. The Morgan fingerprint density at radius 2 is 2.08 bits per heavy atom. The highest BCUT2D eigenvalue weighted by molar-refractivity contribution is 5.09. The van der Waals surface area contributed by atoms with Crippen molar-refractivity contribution in [2.75, 3.05) is 26.2 Å². The molecule has 0 amide bonds. The minimum absolute atomic E-state index is 0.0710. The quantitative estimate of drug-likeness (QED) is 0.829. The topological polar surface area (TPSA) is 34.6 Å². The summed E-state index contributed by atoms with van der Waals surface area (Å²) in [6.07, 6.45) is 8.09. The summed E-state index contributed by atoms with van der Waals surface area (Å²) in [5, 5.41) is 0. The lowest BCUT2D eigenvalue weighted by atomic mass is 9.84. The predicted molar refractivity (Wildman–Crippen MR) is 93.9 cm³/mol. The molecule has 2 saturated heterocycles. The number of hydrogen-bond acceptors (Lipinski definition) is 4. The number of hydrogen-bond donors (Lipinski definition) is 0. The van der Waals surface area contributed by atoms with Crippen molar-refractivity contribution >= 4 is 0 Å². The minimum Gasteiger partial charge on any atom is -0.372 e. The Kier molecular flexibility index (Phi) is 4.88. The first kappa shape index (κ1) is 16.5. The van der Waals surface area contributed by atoms with E-state index >= 15 is 0 Å². The highest BCUT2D eigenvalue weighted by Crippen LogP contribution is 2.37. The molecule has 0 radical (unpaired) electrons. The molecule has 24 heavy (non-hydrogen) atoms. The maximum atomic E-state index is 6.16. The van der Waals surface area contributed by atoms with Crippen LogP contribution in [0.1, 0.15) is 49.9 Å². The molecule has 0 unspecified atom stereocenters. The maximum Gasteiger partial charge on any atom is 0.0959 e. The predicted octanol–water partition coefficient (Wildman–Crippen LogP) is 3.33. The molecule has 1 aliphatic carbocycles. The number of aromatic nitrogens is 1. The number of likely N-dealkylation sites (tertiary alicyclic amines) is 1. The van der Waals surface area contributed by atoms with Crippen LogP contribution in [0, 0.1) is 12.8 Å². The van der Waals surface area contributed by atoms with E-state index in [4.69, 9.17) is 9.47 Å². The monoisotopic (exact) mass is 330 g/mol. The first-order chi connectivity index (χ1) is 11.7. The van der Waals surface area contributed by atoms with Gasteiger partial charge in [-0.2, -0.15) is 0 Å². The van der Waals surface area contributed by atoms with Crippen LogP contribution in [0.15, 0.2) is 18.2 Å². The molecule has 2 aliphatic heterocycles. The Morgan fingerprint density at radius 1 is 1.25 bits per heavy atom. The van der Waals surface area contributed by atoms with E-state index in [1.807, 2.05) is 13.0 Å². The Morgan fingerprint density at radius 3 is 2.88 bits per heavy atom. The van der Waals surface area contributed by atoms with Gasteiger partial charge in [0.05, 0.1) is 24.0 Å². The van der Waals surface area contributed by atoms with Crippen molar-refractivity contribution < 1.29 is 9.47 Å². The molecular weight excluding hydrogens is 300 g/mol. The highest BCUT2D eigenvalue weighted by Gasteiger charge is 2.48. The fraction of sp³-hybridized carbons (Fsp3) is 0.750. The molecule has 0 N–H and O–H groups in total. The van der Waals surface area contributed by atoms with E-state index in [2.05, 4.69) is 22.0 Å². The third-order valence-electron chi connectivity index (χ3n) is 5.88. The van der Waals surface area contributed by atoms with Crippen LogP contribution in [-0.4, -0.2) is 47.8 Å². The van der Waals surface area contributed by atoms with Crippen LogP contribution in [0.25, 0.3) is 0 Å². The van der Waals surface area contributed by atoms with Gasteiger partial charge in [0.25, 0.3) is 0 Å². The van der Waals surface area contributed by atoms with Crippen LogP contribution in [0.5, 0.6) is 0 Å². The smallest absolute Gasteiger partial charge is 0.0959 e. The molecule has 1 saturated carbocycles. The summed E-state index contributed by atoms with van der Waals surface area (Å²) in [5.41, 5.74) is 2.16. The second-order valence-electron chi connectivity index (χ2n) is 8.05. The van der Waals surface area contributed by atoms with Crippen LogP contribution in [-0.2, 0) is 16.1 Å². The number of nitrogens with zero attached hydrogens (tertiary/aromatic N) is 2. The molecule has 1 atom stereocenters. The van der Waals surface area contributed by atoms with Gasteiger partial charge in [-0.3, -0.25) is 9.88 Å². The van der Waals surface area contributed by atoms with Crippen molar-refractivity contribution in [3.05, 3.63) is 29.6 Å². The Bertz CT molecular complexity index is 550. The average Bonchev–Trinajstić information content (AvgIpc) is 3.05. The Labute approximate surface area is 145 Å². The van der Waals surface area contributed by atoms with E-state index < -0.39 is 0 Å². The molecule has 1 aromatic rings. The van der Waals surface area contributed by atoms with Crippen LogP contribution < -0.4 is 0 Å². The summed E-state index contributed by atoms with van der Waals surface area (Å²) >= 11 is 0. The maximum absolute atomic E-state index is 6.16. The lowest BCUT2D eigenvalue weighted by Crippen LogP contribution is -2.66. The van der Waals surface area contributed by atoms with E-state index in [0.717, 1.165) is 49.8 Å². The van der Waals surface area contributed by atoms with Crippen molar-refractivity contribution in [1.82, 2.24) is 9.88 Å². The van der Waals surface area contributed by atoms with Crippen LogP contribution in [0.3, 0.4) is 0 Å². The van der Waals surface area contributed by atoms with Crippen molar-refractivity contribution in [1.29, 1.82) is 0 Å². The molecule has 1 aromatic heterocycles. The van der Waals surface area contributed by atoms with Crippen LogP contribution in [0.4, 0.5) is 0 Å². The van der Waals surface area contributed by atoms with Crippen molar-refractivity contribution in [2.45, 2.75) is 63.8 Å². The molecule has 1 spiro atoms. The summed E-state index contributed by atoms with van der Waals surface area (Å²) in [7, 11) is 0. The first-order valence-electron chi connectivity index (χ1n) is 9.61. The van der Waals surface area contributed by atoms with E-state index in [-0.39, 0.29) is 5.60 Å². The van der Waals surface area contributed by atoms with E-state index in [1.54, 1.807) is 0 Å². The first-order valence-corrected chi connectivity index (χ1v) is 9.61. The van der Waals surface area contributed by atoms with Gasteiger partial charge in [-0.15, -0.1) is 0 Å². The molecule has 132 valence electrons. The molecule has 3 heterocycles. The van der Waals surface area contributed by atoms with Gasteiger partial charge in [-0.25, -0.2) is 0 Å². The number of ether oxygens (including phenoxy) is 2. The largest absolute Gasteiger partial charge is 0.372 e. The van der Waals surface area contributed by atoms with Crippen LogP contribution >= 0.6 is 0 Å². The molecule has 4 nitrogen and oxygen atoms in total. The summed E-state index contributed by atoms with van der Waals surface area (Å²) in [4.78, 5) is 7.13. The number of rotatable bonds is 5. The third kappa shape index (κ3) is 3.81. The van der Waals surface area contributed by atoms with Crippen molar-refractivity contribution in [2.24, 2.45) is 5.92 Å². The van der Waals surface area contributed by atoms with Gasteiger partial charge in [0.1, 0.15) is 0 Å². The number of pyridine rings is 1. The van der Waals surface area contributed by atoms with Gasteiger partial charge in [0.2, 0.25) is 0 Å². The summed E-state index contributed by atoms with van der Waals surface area (Å²) < 4.78 is 12.3. The van der Waals surface area contributed by atoms with E-state index in [1.165, 1.54) is 32.2 Å². The second-order valence-corrected chi connectivity index (χ2v) is 8.05. The molecule has 3 aliphatic rings. The molecule has 4 heteroatoms. The van der Waals surface area contributed by atoms with Gasteiger partial charge in [0.15, 0.2) is 0 Å². The van der Waals surface area contributed by atoms with Crippen molar-refractivity contribution in [3.63, 3.8) is 0 Å². The summed E-state index contributed by atoms with van der Waals surface area (Å²) in [6, 6.07) is 6.13. The zero-order valence-electron chi connectivity index (χ0n) is 14.9. The minimum atomic E-state index is 0.0710. The summed E-state index contributed by atoms with van der Waals surface area (Å²) in [6.45, 7) is 6.97. The molecule has 0 aromatic carbocycles.